The predicted molar refractivity (Wildman–Crippen MR) is 102 cm³/mol. The van der Waals surface area contributed by atoms with Crippen LogP contribution in [0.4, 0.5) is 0 Å². The van der Waals surface area contributed by atoms with Crippen LogP contribution in [0, 0.1) is 5.92 Å². The summed E-state index contributed by atoms with van der Waals surface area (Å²) in [6.07, 6.45) is 1.65. The molecule has 0 saturated heterocycles. The molecule has 26 heavy (non-hydrogen) atoms. The summed E-state index contributed by atoms with van der Waals surface area (Å²) in [6.45, 7) is 7.91. The van der Waals surface area contributed by atoms with Gasteiger partial charge in [-0.2, -0.15) is 5.10 Å². The molecule has 7 heteroatoms. The molecule has 0 fully saturated rings. The highest BCUT2D eigenvalue weighted by Crippen LogP contribution is 2.18. The summed E-state index contributed by atoms with van der Waals surface area (Å²) in [5.41, 5.74) is 1.88. The molecule has 2 aromatic heterocycles. The van der Waals surface area contributed by atoms with E-state index in [1.807, 2.05) is 22.9 Å². The van der Waals surface area contributed by atoms with Crippen LogP contribution in [0.2, 0.25) is 5.02 Å². The number of benzene rings is 1. The molecule has 0 bridgehead atoms. The summed E-state index contributed by atoms with van der Waals surface area (Å²) in [6, 6.07) is 7.90. The maximum atomic E-state index is 12.8. The number of hydrogen-bond acceptors (Lipinski definition) is 4. The van der Waals surface area contributed by atoms with E-state index in [1.165, 1.54) is 5.56 Å². The van der Waals surface area contributed by atoms with Crippen molar-refractivity contribution in [3.63, 3.8) is 0 Å². The highest BCUT2D eigenvalue weighted by Gasteiger charge is 2.22. The Balaban J connectivity index is 1.65. The van der Waals surface area contributed by atoms with Crippen molar-refractivity contribution in [2.75, 3.05) is 6.54 Å². The van der Waals surface area contributed by atoms with Crippen LogP contribution in [0.25, 0.3) is 11.0 Å². The van der Waals surface area contributed by atoms with Gasteiger partial charge in [-0.1, -0.05) is 37.6 Å². The van der Waals surface area contributed by atoms with Gasteiger partial charge in [-0.15, -0.1) is 0 Å². The lowest BCUT2D eigenvalue weighted by atomic mass is 10.2. The van der Waals surface area contributed by atoms with Crippen molar-refractivity contribution in [1.82, 2.24) is 24.2 Å². The molecular formula is C19H22ClN5O. The molecule has 0 spiro atoms. The standard InChI is InChI=1S/C19H22ClN5O/c1-13(2)10-25-18-16(9-21-25)19(26)24-7-6-23(12-17(24)22-18)11-14-4-3-5-15(20)8-14/h3-5,8-9,13H,6-7,10-12H2,1-2H3. The molecule has 1 aliphatic rings. The number of nitrogens with zero attached hydrogens (tertiary/aromatic N) is 5. The Hall–Kier alpha value is -2.18. The topological polar surface area (TPSA) is 56.0 Å². The molecule has 0 amide bonds. The van der Waals surface area contributed by atoms with E-state index in [1.54, 1.807) is 10.8 Å². The highest BCUT2D eigenvalue weighted by molar-refractivity contribution is 6.30. The second-order valence-electron chi connectivity index (χ2n) is 7.28. The van der Waals surface area contributed by atoms with Gasteiger partial charge >= 0.3 is 0 Å². The third-order valence-electron chi connectivity index (χ3n) is 4.67. The van der Waals surface area contributed by atoms with Crippen LogP contribution in [0.1, 0.15) is 25.2 Å². The largest absolute Gasteiger partial charge is 0.294 e. The monoisotopic (exact) mass is 371 g/mol. The van der Waals surface area contributed by atoms with E-state index in [-0.39, 0.29) is 5.56 Å². The third kappa shape index (κ3) is 3.27. The summed E-state index contributed by atoms with van der Waals surface area (Å²) in [5.74, 6) is 1.25. The van der Waals surface area contributed by atoms with Crippen molar-refractivity contribution in [2.24, 2.45) is 5.92 Å². The van der Waals surface area contributed by atoms with Crippen LogP contribution >= 0.6 is 11.6 Å². The molecule has 1 aromatic carbocycles. The molecular weight excluding hydrogens is 350 g/mol. The summed E-state index contributed by atoms with van der Waals surface area (Å²) >= 11 is 6.09. The minimum Gasteiger partial charge on any atom is -0.294 e. The Bertz CT molecular complexity index is 1010. The van der Waals surface area contributed by atoms with Gasteiger partial charge in [-0.05, 0) is 23.6 Å². The van der Waals surface area contributed by atoms with Crippen molar-refractivity contribution in [2.45, 2.75) is 40.0 Å². The normalized spacial score (nSPS) is 14.9. The van der Waals surface area contributed by atoms with E-state index in [4.69, 9.17) is 16.6 Å². The van der Waals surface area contributed by atoms with Crippen molar-refractivity contribution in [1.29, 1.82) is 0 Å². The quantitative estimate of drug-likeness (QED) is 0.707. The Morgan fingerprint density at radius 2 is 2.12 bits per heavy atom. The van der Waals surface area contributed by atoms with E-state index in [0.29, 0.717) is 30.0 Å². The number of halogens is 1. The van der Waals surface area contributed by atoms with Gasteiger partial charge in [0.05, 0.1) is 12.7 Å². The Kier molecular flexibility index (Phi) is 4.54. The predicted octanol–water partition coefficient (Wildman–Crippen LogP) is 2.92. The van der Waals surface area contributed by atoms with Gasteiger partial charge in [0.2, 0.25) is 0 Å². The van der Waals surface area contributed by atoms with Crippen molar-refractivity contribution >= 4 is 22.6 Å². The summed E-state index contributed by atoms with van der Waals surface area (Å²) < 4.78 is 3.64. The van der Waals surface area contributed by atoms with E-state index in [2.05, 4.69) is 29.9 Å². The zero-order chi connectivity index (χ0) is 18.3. The lowest BCUT2D eigenvalue weighted by Gasteiger charge is -2.29. The fraction of sp³-hybridized carbons (Fsp3) is 0.421. The smallest absolute Gasteiger partial charge is 0.264 e. The maximum absolute atomic E-state index is 12.8. The zero-order valence-corrected chi connectivity index (χ0v) is 15.8. The van der Waals surface area contributed by atoms with Gasteiger partial charge < -0.3 is 0 Å². The molecule has 0 saturated carbocycles. The van der Waals surface area contributed by atoms with Crippen LogP contribution < -0.4 is 5.56 Å². The van der Waals surface area contributed by atoms with Crippen molar-refractivity contribution < 1.29 is 0 Å². The number of hydrogen-bond donors (Lipinski definition) is 0. The molecule has 4 rings (SSSR count). The SMILES string of the molecule is CC(C)Cn1ncc2c(=O)n3c(nc21)CN(Cc1cccc(Cl)c1)CC3. The van der Waals surface area contributed by atoms with E-state index < -0.39 is 0 Å². The van der Waals surface area contributed by atoms with E-state index >= 15 is 0 Å². The first-order valence-electron chi connectivity index (χ1n) is 8.93. The fourth-order valence-corrected chi connectivity index (χ4v) is 3.69. The number of rotatable bonds is 4. The first kappa shape index (κ1) is 17.2. The number of fused-ring (bicyclic) bond motifs is 2. The summed E-state index contributed by atoms with van der Waals surface area (Å²) in [5, 5.41) is 5.73. The maximum Gasteiger partial charge on any atom is 0.264 e. The second kappa shape index (κ2) is 6.85. The summed E-state index contributed by atoms with van der Waals surface area (Å²) in [7, 11) is 0. The molecule has 1 aliphatic heterocycles. The molecule has 3 heterocycles. The summed E-state index contributed by atoms with van der Waals surface area (Å²) in [4.78, 5) is 19.9. The molecule has 136 valence electrons. The second-order valence-corrected chi connectivity index (χ2v) is 7.72. The lowest BCUT2D eigenvalue weighted by Crippen LogP contribution is -2.39. The minimum atomic E-state index is 0.0161. The molecule has 0 aliphatic carbocycles. The average Bonchev–Trinajstić information content (AvgIpc) is 2.97. The lowest BCUT2D eigenvalue weighted by molar-refractivity contribution is 0.204. The Labute approximate surface area is 157 Å². The van der Waals surface area contributed by atoms with E-state index in [0.717, 1.165) is 30.5 Å². The molecule has 6 nitrogen and oxygen atoms in total. The van der Waals surface area contributed by atoms with Crippen LogP contribution in [-0.2, 0) is 26.2 Å². The van der Waals surface area contributed by atoms with Gasteiger partial charge in [0.25, 0.3) is 5.56 Å². The van der Waals surface area contributed by atoms with Crippen LogP contribution in [0.3, 0.4) is 0 Å². The molecule has 0 atom stereocenters. The van der Waals surface area contributed by atoms with Gasteiger partial charge in [-0.3, -0.25) is 14.3 Å². The molecule has 0 radical (unpaired) electrons. The van der Waals surface area contributed by atoms with Crippen molar-refractivity contribution in [3.8, 4) is 0 Å². The molecule has 0 unspecified atom stereocenters. The van der Waals surface area contributed by atoms with Crippen LogP contribution in [0.5, 0.6) is 0 Å². The first-order valence-corrected chi connectivity index (χ1v) is 9.31. The molecule has 3 aromatic rings. The Morgan fingerprint density at radius 3 is 2.88 bits per heavy atom. The van der Waals surface area contributed by atoms with Gasteiger partial charge in [0, 0.05) is 31.2 Å². The average molecular weight is 372 g/mol. The highest BCUT2D eigenvalue weighted by atomic mass is 35.5. The van der Waals surface area contributed by atoms with Gasteiger partial charge in [-0.25, -0.2) is 9.67 Å². The zero-order valence-electron chi connectivity index (χ0n) is 15.0. The third-order valence-corrected chi connectivity index (χ3v) is 4.91. The Morgan fingerprint density at radius 1 is 1.27 bits per heavy atom. The minimum absolute atomic E-state index is 0.0161. The van der Waals surface area contributed by atoms with Gasteiger partial charge in [0.1, 0.15) is 11.2 Å². The van der Waals surface area contributed by atoms with Gasteiger partial charge in [0.15, 0.2) is 5.65 Å². The van der Waals surface area contributed by atoms with Crippen LogP contribution in [-0.4, -0.2) is 30.8 Å². The van der Waals surface area contributed by atoms with E-state index in [9.17, 15) is 4.79 Å². The van der Waals surface area contributed by atoms with Crippen molar-refractivity contribution in [3.05, 3.63) is 57.2 Å². The first-order chi connectivity index (χ1) is 12.5. The fourth-order valence-electron chi connectivity index (χ4n) is 3.47. The number of aromatic nitrogens is 4. The molecule has 0 N–H and O–H groups in total. The van der Waals surface area contributed by atoms with Crippen LogP contribution in [0.15, 0.2) is 35.3 Å².